The lowest BCUT2D eigenvalue weighted by molar-refractivity contribution is 0.0332. The number of ether oxygens (including phenoxy) is 1. The van der Waals surface area contributed by atoms with Gasteiger partial charge in [0.2, 0.25) is 0 Å². The number of hydrogen-bond donors (Lipinski definition) is 0. The smallest absolute Gasteiger partial charge is 0.259 e. The summed E-state index contributed by atoms with van der Waals surface area (Å²) in [6.07, 6.45) is 8.55. The van der Waals surface area contributed by atoms with Crippen LogP contribution in [0.25, 0.3) is 5.65 Å². The third kappa shape index (κ3) is 3.67. The Balaban J connectivity index is 1.30. The predicted molar refractivity (Wildman–Crippen MR) is 93.5 cm³/mol. The van der Waals surface area contributed by atoms with E-state index in [1.54, 1.807) is 16.9 Å². The molecule has 0 spiro atoms. The molecule has 25 heavy (non-hydrogen) atoms. The monoisotopic (exact) mass is 343 g/mol. The van der Waals surface area contributed by atoms with E-state index in [1.165, 1.54) is 6.42 Å². The number of hydrogen-bond acceptors (Lipinski definition) is 5. The summed E-state index contributed by atoms with van der Waals surface area (Å²) in [5, 5.41) is 4.22. The van der Waals surface area contributed by atoms with Gasteiger partial charge in [-0.1, -0.05) is 0 Å². The molecule has 7 nitrogen and oxygen atoms in total. The van der Waals surface area contributed by atoms with Gasteiger partial charge in [0.1, 0.15) is 5.56 Å². The van der Waals surface area contributed by atoms with Crippen molar-refractivity contribution in [1.82, 2.24) is 24.4 Å². The van der Waals surface area contributed by atoms with Crippen LogP contribution in [0.1, 0.15) is 29.6 Å². The van der Waals surface area contributed by atoms with E-state index in [1.807, 2.05) is 17.2 Å². The van der Waals surface area contributed by atoms with Crippen molar-refractivity contribution >= 4 is 11.6 Å². The van der Waals surface area contributed by atoms with Gasteiger partial charge < -0.3 is 9.64 Å². The van der Waals surface area contributed by atoms with Crippen LogP contribution in [0.4, 0.5) is 0 Å². The minimum atomic E-state index is 0.0559. The molecule has 7 heteroatoms. The van der Waals surface area contributed by atoms with Crippen molar-refractivity contribution in [3.63, 3.8) is 0 Å². The van der Waals surface area contributed by atoms with E-state index in [4.69, 9.17) is 4.74 Å². The van der Waals surface area contributed by atoms with Gasteiger partial charge in [0, 0.05) is 38.6 Å². The van der Waals surface area contributed by atoms with E-state index < -0.39 is 0 Å². The molecule has 0 atom stereocenters. The van der Waals surface area contributed by atoms with Crippen molar-refractivity contribution in [1.29, 1.82) is 0 Å². The first kappa shape index (κ1) is 16.5. The molecular weight excluding hydrogens is 318 g/mol. The molecule has 2 aliphatic heterocycles. The molecule has 0 aliphatic carbocycles. The highest BCUT2D eigenvalue weighted by molar-refractivity contribution is 5.99. The van der Waals surface area contributed by atoms with Crippen LogP contribution in [-0.4, -0.2) is 76.2 Å². The van der Waals surface area contributed by atoms with E-state index in [-0.39, 0.29) is 5.91 Å². The summed E-state index contributed by atoms with van der Waals surface area (Å²) in [5.74, 6) is 0.772. The van der Waals surface area contributed by atoms with Gasteiger partial charge in [0.05, 0.1) is 19.4 Å². The highest BCUT2D eigenvalue weighted by Crippen LogP contribution is 2.23. The molecule has 1 amide bonds. The topological polar surface area (TPSA) is 63.0 Å². The van der Waals surface area contributed by atoms with Crippen LogP contribution >= 0.6 is 0 Å². The lowest BCUT2D eigenvalue weighted by atomic mass is 9.93. The molecule has 2 aliphatic rings. The first-order chi connectivity index (χ1) is 12.3. The van der Waals surface area contributed by atoms with Gasteiger partial charge in [-0.15, -0.1) is 0 Å². The number of carbonyl (C=O) groups excluding carboxylic acids is 1. The first-order valence-electron chi connectivity index (χ1n) is 9.19. The number of aromatic nitrogens is 3. The average Bonchev–Trinajstić information content (AvgIpc) is 3.11. The standard InChI is InChI=1S/C18H25N5O2/c24-18(16-14-20-23-6-1-5-19-17(16)23)22-8-3-15(4-9-22)2-7-21-10-12-25-13-11-21/h1,5-6,14-15H,2-4,7-13H2. The third-order valence-corrected chi connectivity index (χ3v) is 5.37. The molecule has 4 rings (SSSR count). The molecule has 2 aromatic heterocycles. The lowest BCUT2D eigenvalue weighted by Crippen LogP contribution is -2.40. The van der Waals surface area contributed by atoms with E-state index in [2.05, 4.69) is 15.0 Å². The van der Waals surface area contributed by atoms with Crippen LogP contribution in [-0.2, 0) is 4.74 Å². The predicted octanol–water partition coefficient (Wildman–Crippen LogP) is 1.30. The Labute approximate surface area is 147 Å². The number of nitrogens with zero attached hydrogens (tertiary/aromatic N) is 5. The molecule has 0 bridgehead atoms. The van der Waals surface area contributed by atoms with Crippen LogP contribution in [0.5, 0.6) is 0 Å². The Morgan fingerprint density at radius 1 is 1.20 bits per heavy atom. The largest absolute Gasteiger partial charge is 0.379 e. The average molecular weight is 343 g/mol. The molecule has 2 saturated heterocycles. The van der Waals surface area contributed by atoms with Crippen LogP contribution in [0.2, 0.25) is 0 Å². The Morgan fingerprint density at radius 2 is 2.00 bits per heavy atom. The Kier molecular flexibility index (Phi) is 4.94. The molecular formula is C18H25N5O2. The number of morpholine rings is 1. The van der Waals surface area contributed by atoms with Crippen molar-refractivity contribution in [2.45, 2.75) is 19.3 Å². The second kappa shape index (κ2) is 7.49. The molecule has 0 unspecified atom stereocenters. The fraction of sp³-hybridized carbons (Fsp3) is 0.611. The van der Waals surface area contributed by atoms with E-state index in [9.17, 15) is 4.79 Å². The highest BCUT2D eigenvalue weighted by Gasteiger charge is 2.26. The zero-order valence-electron chi connectivity index (χ0n) is 14.5. The molecule has 0 aromatic carbocycles. The summed E-state index contributed by atoms with van der Waals surface area (Å²) in [6.45, 7) is 6.65. The van der Waals surface area contributed by atoms with Gasteiger partial charge in [0.15, 0.2) is 5.65 Å². The number of likely N-dealkylation sites (tertiary alicyclic amines) is 1. The summed E-state index contributed by atoms with van der Waals surface area (Å²) in [4.78, 5) is 21.5. The second-order valence-electron chi connectivity index (χ2n) is 6.92. The highest BCUT2D eigenvalue weighted by atomic mass is 16.5. The van der Waals surface area contributed by atoms with Crippen LogP contribution < -0.4 is 0 Å². The summed E-state index contributed by atoms with van der Waals surface area (Å²) < 4.78 is 7.06. The lowest BCUT2D eigenvalue weighted by Gasteiger charge is -2.33. The summed E-state index contributed by atoms with van der Waals surface area (Å²) in [6, 6.07) is 1.81. The van der Waals surface area contributed by atoms with Crippen molar-refractivity contribution < 1.29 is 9.53 Å². The quantitative estimate of drug-likeness (QED) is 0.837. The van der Waals surface area contributed by atoms with Crippen molar-refractivity contribution in [2.75, 3.05) is 45.9 Å². The van der Waals surface area contributed by atoms with E-state index in [0.717, 1.165) is 58.8 Å². The normalized spacial score (nSPS) is 20.2. The van der Waals surface area contributed by atoms with Crippen LogP contribution in [0.15, 0.2) is 24.7 Å². The van der Waals surface area contributed by atoms with Gasteiger partial charge >= 0.3 is 0 Å². The van der Waals surface area contributed by atoms with Gasteiger partial charge in [-0.2, -0.15) is 5.10 Å². The Hall–Kier alpha value is -1.99. The van der Waals surface area contributed by atoms with Gasteiger partial charge in [-0.05, 0) is 37.8 Å². The molecule has 2 fully saturated rings. The number of piperidine rings is 1. The Morgan fingerprint density at radius 3 is 2.80 bits per heavy atom. The summed E-state index contributed by atoms with van der Waals surface area (Å²) >= 11 is 0. The van der Waals surface area contributed by atoms with Crippen LogP contribution in [0.3, 0.4) is 0 Å². The molecule has 0 N–H and O–H groups in total. The maximum Gasteiger partial charge on any atom is 0.259 e. The van der Waals surface area contributed by atoms with E-state index >= 15 is 0 Å². The first-order valence-corrected chi connectivity index (χ1v) is 9.19. The molecule has 134 valence electrons. The van der Waals surface area contributed by atoms with Crippen LogP contribution in [0, 0.1) is 5.92 Å². The molecule has 4 heterocycles. The van der Waals surface area contributed by atoms with Gasteiger partial charge in [-0.25, -0.2) is 9.50 Å². The fourth-order valence-electron chi connectivity index (χ4n) is 3.76. The minimum absolute atomic E-state index is 0.0559. The summed E-state index contributed by atoms with van der Waals surface area (Å²) in [7, 11) is 0. The maximum absolute atomic E-state index is 12.8. The third-order valence-electron chi connectivity index (χ3n) is 5.37. The van der Waals surface area contributed by atoms with Crippen molar-refractivity contribution in [2.24, 2.45) is 5.92 Å². The zero-order valence-corrected chi connectivity index (χ0v) is 14.5. The van der Waals surface area contributed by atoms with Gasteiger partial charge in [-0.3, -0.25) is 9.69 Å². The van der Waals surface area contributed by atoms with Gasteiger partial charge in [0.25, 0.3) is 5.91 Å². The molecule has 0 radical (unpaired) electrons. The maximum atomic E-state index is 12.8. The Bertz CT molecular complexity index is 717. The second-order valence-corrected chi connectivity index (χ2v) is 6.92. The number of amides is 1. The van der Waals surface area contributed by atoms with Crippen molar-refractivity contribution in [3.8, 4) is 0 Å². The van der Waals surface area contributed by atoms with E-state index in [0.29, 0.717) is 17.1 Å². The van der Waals surface area contributed by atoms with Crippen molar-refractivity contribution in [3.05, 3.63) is 30.2 Å². The number of rotatable bonds is 4. The molecule has 0 saturated carbocycles. The zero-order chi connectivity index (χ0) is 17.1. The number of carbonyl (C=O) groups is 1. The SMILES string of the molecule is O=C(c1cnn2cccnc12)N1CCC(CCN2CCOCC2)CC1. The fourth-order valence-corrected chi connectivity index (χ4v) is 3.76. The minimum Gasteiger partial charge on any atom is -0.379 e. The number of fused-ring (bicyclic) bond motifs is 1. The molecule has 2 aromatic rings. The summed E-state index contributed by atoms with van der Waals surface area (Å²) in [5.41, 5.74) is 1.24.